The van der Waals surface area contributed by atoms with Crippen molar-refractivity contribution in [3.8, 4) is 0 Å². The number of urea groups is 2. The van der Waals surface area contributed by atoms with Gasteiger partial charge in [0.25, 0.3) is 5.91 Å². The Kier molecular flexibility index (Phi) is 4.86. The number of imide groups is 1. The summed E-state index contributed by atoms with van der Waals surface area (Å²) in [6.45, 7) is 3.34. The minimum atomic E-state index is -0.367. The van der Waals surface area contributed by atoms with E-state index in [9.17, 15) is 14.4 Å². The quantitative estimate of drug-likeness (QED) is 0.837. The molecular weight excluding hydrogens is 336 g/mol. The molecule has 0 atom stereocenters. The van der Waals surface area contributed by atoms with Crippen molar-refractivity contribution >= 4 is 29.3 Å². The molecule has 2 saturated heterocycles. The van der Waals surface area contributed by atoms with Crippen molar-refractivity contribution in [3.05, 3.63) is 24.3 Å². The molecule has 2 heterocycles. The van der Waals surface area contributed by atoms with Crippen molar-refractivity contribution in [2.45, 2.75) is 25.4 Å². The van der Waals surface area contributed by atoms with E-state index >= 15 is 0 Å². The zero-order valence-electron chi connectivity index (χ0n) is 15.3. The number of carbonyl (C=O) groups excluding carboxylic acids is 3. The van der Waals surface area contributed by atoms with Crippen LogP contribution in [0.2, 0.25) is 0 Å². The van der Waals surface area contributed by atoms with Gasteiger partial charge in [-0.1, -0.05) is 6.07 Å². The van der Waals surface area contributed by atoms with Crippen LogP contribution in [0.1, 0.15) is 19.8 Å². The molecule has 2 aliphatic rings. The number of ether oxygens (including phenoxy) is 1. The molecule has 1 aromatic rings. The molecule has 5 amide bonds. The summed E-state index contributed by atoms with van der Waals surface area (Å²) in [4.78, 5) is 40.9. The van der Waals surface area contributed by atoms with Gasteiger partial charge in [-0.05, 0) is 38.0 Å². The lowest BCUT2D eigenvalue weighted by Gasteiger charge is -2.38. The van der Waals surface area contributed by atoms with Crippen LogP contribution in [-0.4, -0.2) is 67.2 Å². The third-order valence-corrected chi connectivity index (χ3v) is 5.10. The molecular formula is C18H24N4O4. The second kappa shape index (κ2) is 6.95. The summed E-state index contributed by atoms with van der Waals surface area (Å²) in [5.41, 5.74) is 0.814. The van der Waals surface area contributed by atoms with Gasteiger partial charge in [0, 0.05) is 32.9 Å². The first-order valence-corrected chi connectivity index (χ1v) is 8.62. The van der Waals surface area contributed by atoms with Gasteiger partial charge < -0.3 is 19.9 Å². The molecule has 0 saturated carbocycles. The van der Waals surface area contributed by atoms with Crippen LogP contribution in [-0.2, 0) is 9.53 Å². The van der Waals surface area contributed by atoms with Crippen molar-refractivity contribution < 1.29 is 19.1 Å². The summed E-state index contributed by atoms with van der Waals surface area (Å²) >= 11 is 0. The molecule has 0 aliphatic carbocycles. The maximum atomic E-state index is 12.5. The molecule has 140 valence electrons. The van der Waals surface area contributed by atoms with E-state index in [0.29, 0.717) is 24.5 Å². The molecule has 0 aromatic heterocycles. The average molecular weight is 360 g/mol. The predicted octanol–water partition coefficient (Wildman–Crippen LogP) is 2.12. The van der Waals surface area contributed by atoms with Crippen LogP contribution in [0.15, 0.2) is 24.3 Å². The van der Waals surface area contributed by atoms with E-state index in [1.165, 1.54) is 4.90 Å². The third-order valence-electron chi connectivity index (χ3n) is 5.10. The van der Waals surface area contributed by atoms with Crippen LogP contribution >= 0.6 is 0 Å². The van der Waals surface area contributed by atoms with Crippen LogP contribution in [0.25, 0.3) is 0 Å². The first-order chi connectivity index (χ1) is 12.3. The number of benzene rings is 1. The number of nitrogens with one attached hydrogen (secondary N) is 1. The molecule has 0 radical (unpaired) electrons. The monoisotopic (exact) mass is 360 g/mol. The number of hydrogen-bond acceptors (Lipinski definition) is 4. The fraction of sp³-hybridized carbons (Fsp3) is 0.500. The van der Waals surface area contributed by atoms with Crippen molar-refractivity contribution in [1.82, 2.24) is 9.80 Å². The first-order valence-electron chi connectivity index (χ1n) is 8.62. The lowest BCUT2D eigenvalue weighted by Crippen LogP contribution is -2.47. The van der Waals surface area contributed by atoms with Gasteiger partial charge in [-0.25, -0.2) is 14.5 Å². The van der Waals surface area contributed by atoms with Gasteiger partial charge in [0.1, 0.15) is 6.54 Å². The fourth-order valence-electron chi connectivity index (χ4n) is 3.19. The first kappa shape index (κ1) is 18.2. The summed E-state index contributed by atoms with van der Waals surface area (Å²) in [6, 6.07) is 6.19. The Morgan fingerprint density at radius 1 is 1.23 bits per heavy atom. The van der Waals surface area contributed by atoms with Crippen LogP contribution < -0.4 is 10.2 Å². The Bertz CT molecular complexity index is 728. The van der Waals surface area contributed by atoms with E-state index < -0.39 is 0 Å². The zero-order chi connectivity index (χ0) is 18.9. The molecule has 1 N–H and O–H groups in total. The molecule has 0 unspecified atom stereocenters. The molecule has 8 nitrogen and oxygen atoms in total. The lowest BCUT2D eigenvalue weighted by atomic mass is 9.93. The third kappa shape index (κ3) is 3.50. The highest BCUT2D eigenvalue weighted by Crippen LogP contribution is 2.27. The van der Waals surface area contributed by atoms with Crippen LogP contribution in [0.3, 0.4) is 0 Å². The van der Waals surface area contributed by atoms with E-state index in [1.54, 1.807) is 43.3 Å². The molecule has 0 bridgehead atoms. The fourth-order valence-corrected chi connectivity index (χ4v) is 3.19. The summed E-state index contributed by atoms with van der Waals surface area (Å²) in [7, 11) is 3.27. The van der Waals surface area contributed by atoms with Crippen LogP contribution in [0.5, 0.6) is 0 Å². The summed E-state index contributed by atoms with van der Waals surface area (Å²) in [5.74, 6) is -0.282. The average Bonchev–Trinajstić information content (AvgIpc) is 2.88. The Balaban J connectivity index is 1.67. The highest BCUT2D eigenvalue weighted by atomic mass is 16.5. The minimum absolute atomic E-state index is 0.0570. The number of likely N-dealkylation sites (N-methyl/N-ethyl adjacent to an activating group) is 1. The normalized spacial score (nSPS) is 19.9. The van der Waals surface area contributed by atoms with E-state index in [2.05, 4.69) is 5.32 Å². The van der Waals surface area contributed by atoms with E-state index in [1.807, 2.05) is 6.92 Å². The number of methoxy groups -OCH3 is 1. The maximum absolute atomic E-state index is 12.5. The number of hydrogen-bond donors (Lipinski definition) is 1. The van der Waals surface area contributed by atoms with Crippen LogP contribution in [0.4, 0.5) is 21.0 Å². The second-order valence-corrected chi connectivity index (χ2v) is 6.99. The number of likely N-dealkylation sites (tertiary alicyclic amines) is 1. The molecule has 0 spiro atoms. The Labute approximate surface area is 152 Å². The number of nitrogens with zero attached hydrogens (tertiary/aromatic N) is 3. The van der Waals surface area contributed by atoms with E-state index in [-0.39, 0.29) is 30.1 Å². The summed E-state index contributed by atoms with van der Waals surface area (Å²) < 4.78 is 5.49. The molecule has 8 heteroatoms. The van der Waals surface area contributed by atoms with E-state index in [4.69, 9.17) is 4.74 Å². The molecule has 2 fully saturated rings. The molecule has 2 aliphatic heterocycles. The highest BCUT2D eigenvalue weighted by Gasteiger charge is 2.35. The Hall–Kier alpha value is -2.61. The largest absolute Gasteiger partial charge is 0.378 e. The van der Waals surface area contributed by atoms with E-state index in [0.717, 1.165) is 17.7 Å². The van der Waals surface area contributed by atoms with Gasteiger partial charge in [0.2, 0.25) is 0 Å². The Morgan fingerprint density at radius 2 is 1.92 bits per heavy atom. The number of piperidine rings is 1. The molecule has 1 aromatic carbocycles. The van der Waals surface area contributed by atoms with Crippen molar-refractivity contribution in [2.75, 3.05) is 44.0 Å². The summed E-state index contributed by atoms with van der Waals surface area (Å²) in [5, 5.41) is 2.85. The topological polar surface area (TPSA) is 82.2 Å². The number of rotatable bonds is 3. The van der Waals surface area contributed by atoms with Crippen molar-refractivity contribution in [2.24, 2.45) is 0 Å². The predicted molar refractivity (Wildman–Crippen MR) is 97.2 cm³/mol. The number of amides is 5. The lowest BCUT2D eigenvalue weighted by molar-refractivity contribution is -0.116. The SMILES string of the molecule is COC1(C)CCN(C(=O)Nc2cccc(N3C(=O)CN(C)C3=O)c2)CC1. The minimum Gasteiger partial charge on any atom is -0.378 e. The van der Waals surface area contributed by atoms with Gasteiger partial charge >= 0.3 is 12.1 Å². The molecule has 26 heavy (non-hydrogen) atoms. The van der Waals surface area contributed by atoms with Crippen LogP contribution in [0, 0.1) is 0 Å². The summed E-state index contributed by atoms with van der Waals surface area (Å²) in [6.07, 6.45) is 1.56. The van der Waals surface area contributed by atoms with Gasteiger partial charge in [0.15, 0.2) is 0 Å². The van der Waals surface area contributed by atoms with Gasteiger partial charge in [-0.2, -0.15) is 0 Å². The highest BCUT2D eigenvalue weighted by molar-refractivity contribution is 6.19. The second-order valence-electron chi connectivity index (χ2n) is 6.99. The number of carbonyl (C=O) groups is 3. The smallest absolute Gasteiger partial charge is 0.331 e. The van der Waals surface area contributed by atoms with Crippen molar-refractivity contribution in [1.29, 1.82) is 0 Å². The standard InChI is InChI=1S/C18H24N4O4/c1-18(26-3)7-9-21(10-8-18)16(24)19-13-5-4-6-14(11-13)22-15(23)12-20(2)17(22)25/h4-6,11H,7-10,12H2,1-3H3,(H,19,24). The van der Waals surface area contributed by atoms with Crippen molar-refractivity contribution in [3.63, 3.8) is 0 Å². The zero-order valence-corrected chi connectivity index (χ0v) is 15.3. The van der Waals surface area contributed by atoms with Gasteiger partial charge in [0.05, 0.1) is 11.3 Å². The molecule has 3 rings (SSSR count). The number of anilines is 2. The van der Waals surface area contributed by atoms with Gasteiger partial charge in [-0.3, -0.25) is 4.79 Å². The van der Waals surface area contributed by atoms with Gasteiger partial charge in [-0.15, -0.1) is 0 Å². The Morgan fingerprint density at radius 3 is 2.50 bits per heavy atom. The maximum Gasteiger partial charge on any atom is 0.331 e.